The van der Waals surface area contributed by atoms with E-state index in [9.17, 15) is 9.18 Å². The first-order valence-electron chi connectivity index (χ1n) is 6.52. The van der Waals surface area contributed by atoms with Crippen LogP contribution in [0.1, 0.15) is 22.8 Å². The average molecular weight is 352 g/mol. The van der Waals surface area contributed by atoms with Crippen molar-refractivity contribution in [3.63, 3.8) is 0 Å². The molecule has 3 nitrogen and oxygen atoms in total. The van der Waals surface area contributed by atoms with E-state index >= 15 is 0 Å². The molecular weight excluding hydrogens is 337 g/mol. The molecule has 0 fully saturated rings. The maximum Gasteiger partial charge on any atom is 0.255 e. The van der Waals surface area contributed by atoms with E-state index in [0.29, 0.717) is 17.9 Å². The first-order chi connectivity index (χ1) is 10.1. The highest BCUT2D eigenvalue weighted by Gasteiger charge is 2.09. The van der Waals surface area contributed by atoms with Crippen molar-refractivity contribution >= 4 is 27.5 Å². The zero-order chi connectivity index (χ0) is 15.2. The Morgan fingerprint density at radius 1 is 1.24 bits per heavy atom. The number of anilines is 1. The third-order valence-electron chi connectivity index (χ3n) is 2.86. The van der Waals surface area contributed by atoms with Crippen LogP contribution in [-0.4, -0.2) is 12.5 Å². The number of hydrogen-bond donors (Lipinski definition) is 1. The standard InChI is InChI=1S/C16H15BrFNO2/c1-2-21-15-8-7-13(9-14(15)18)19-16(20)12-5-3-11(10-17)4-6-12/h3-9H,2,10H2,1H3,(H,19,20). The summed E-state index contributed by atoms with van der Waals surface area (Å²) in [4.78, 5) is 12.1. The molecule has 2 aromatic carbocycles. The number of carbonyl (C=O) groups is 1. The number of alkyl halides is 1. The Labute approximate surface area is 131 Å². The lowest BCUT2D eigenvalue weighted by Crippen LogP contribution is -2.12. The zero-order valence-electron chi connectivity index (χ0n) is 11.5. The van der Waals surface area contributed by atoms with Crippen LogP contribution in [0.15, 0.2) is 42.5 Å². The molecule has 2 rings (SSSR count). The second-order valence-electron chi connectivity index (χ2n) is 4.36. The average Bonchev–Trinajstić information content (AvgIpc) is 2.50. The van der Waals surface area contributed by atoms with Crippen LogP contribution in [0.4, 0.5) is 10.1 Å². The van der Waals surface area contributed by atoms with E-state index < -0.39 is 5.82 Å². The van der Waals surface area contributed by atoms with Gasteiger partial charge >= 0.3 is 0 Å². The summed E-state index contributed by atoms with van der Waals surface area (Å²) in [5, 5.41) is 3.39. The van der Waals surface area contributed by atoms with Gasteiger partial charge in [0.1, 0.15) is 0 Å². The Morgan fingerprint density at radius 3 is 2.52 bits per heavy atom. The van der Waals surface area contributed by atoms with Crippen molar-refractivity contribution in [2.24, 2.45) is 0 Å². The lowest BCUT2D eigenvalue weighted by molar-refractivity contribution is 0.102. The van der Waals surface area contributed by atoms with E-state index in [1.165, 1.54) is 12.1 Å². The predicted molar refractivity (Wildman–Crippen MR) is 84.6 cm³/mol. The topological polar surface area (TPSA) is 38.3 Å². The highest BCUT2D eigenvalue weighted by Crippen LogP contribution is 2.21. The van der Waals surface area contributed by atoms with Crippen molar-refractivity contribution in [3.05, 3.63) is 59.4 Å². The Hall–Kier alpha value is -1.88. The summed E-state index contributed by atoms with van der Waals surface area (Å²) in [6, 6.07) is 11.6. The van der Waals surface area contributed by atoms with Gasteiger partial charge in [-0.15, -0.1) is 0 Å². The molecule has 0 saturated carbocycles. The predicted octanol–water partition coefficient (Wildman–Crippen LogP) is 4.37. The molecule has 1 amide bonds. The SMILES string of the molecule is CCOc1ccc(NC(=O)c2ccc(CBr)cc2)cc1F. The number of halogens is 2. The lowest BCUT2D eigenvalue weighted by atomic mass is 10.1. The van der Waals surface area contributed by atoms with Crippen LogP contribution in [0, 0.1) is 5.82 Å². The Kier molecular flexibility index (Phi) is 5.33. The minimum Gasteiger partial charge on any atom is -0.491 e. The Morgan fingerprint density at radius 2 is 1.95 bits per heavy atom. The summed E-state index contributed by atoms with van der Waals surface area (Å²) in [7, 11) is 0. The van der Waals surface area contributed by atoms with E-state index in [-0.39, 0.29) is 11.7 Å². The van der Waals surface area contributed by atoms with E-state index in [1.807, 2.05) is 12.1 Å². The quantitative estimate of drug-likeness (QED) is 0.812. The van der Waals surface area contributed by atoms with Crippen LogP contribution in [0.3, 0.4) is 0 Å². The molecule has 0 aliphatic carbocycles. The summed E-state index contributed by atoms with van der Waals surface area (Å²) < 4.78 is 18.8. The first kappa shape index (κ1) is 15.5. The summed E-state index contributed by atoms with van der Waals surface area (Å²) in [6.07, 6.45) is 0. The molecule has 0 saturated heterocycles. The molecule has 110 valence electrons. The third kappa shape index (κ3) is 4.04. The maximum absolute atomic E-state index is 13.7. The van der Waals surface area contributed by atoms with Gasteiger partial charge in [-0.3, -0.25) is 4.79 Å². The number of hydrogen-bond acceptors (Lipinski definition) is 2. The van der Waals surface area contributed by atoms with Gasteiger partial charge in [-0.05, 0) is 36.8 Å². The molecule has 0 unspecified atom stereocenters. The summed E-state index contributed by atoms with van der Waals surface area (Å²) in [5.74, 6) is -0.596. The van der Waals surface area contributed by atoms with Gasteiger partial charge in [0.15, 0.2) is 11.6 Å². The molecular formula is C16H15BrFNO2. The van der Waals surface area contributed by atoms with Gasteiger partial charge < -0.3 is 10.1 Å². The second-order valence-corrected chi connectivity index (χ2v) is 4.92. The van der Waals surface area contributed by atoms with Crippen molar-refractivity contribution in [2.75, 3.05) is 11.9 Å². The van der Waals surface area contributed by atoms with Gasteiger partial charge in [-0.25, -0.2) is 4.39 Å². The van der Waals surface area contributed by atoms with Crippen molar-refractivity contribution < 1.29 is 13.9 Å². The molecule has 0 aromatic heterocycles. The first-order valence-corrected chi connectivity index (χ1v) is 7.64. The number of nitrogens with one attached hydrogen (secondary N) is 1. The molecule has 0 atom stereocenters. The van der Waals surface area contributed by atoms with Crippen molar-refractivity contribution in [1.29, 1.82) is 0 Å². The fourth-order valence-corrected chi connectivity index (χ4v) is 2.17. The van der Waals surface area contributed by atoms with Crippen LogP contribution in [-0.2, 0) is 5.33 Å². The van der Waals surface area contributed by atoms with Gasteiger partial charge in [-0.1, -0.05) is 28.1 Å². The highest BCUT2D eigenvalue weighted by atomic mass is 79.9. The molecule has 0 aliphatic heterocycles. The van der Waals surface area contributed by atoms with Crippen LogP contribution >= 0.6 is 15.9 Å². The van der Waals surface area contributed by atoms with E-state index in [0.717, 1.165) is 10.9 Å². The summed E-state index contributed by atoms with van der Waals surface area (Å²) in [5.41, 5.74) is 2.00. The smallest absolute Gasteiger partial charge is 0.255 e. The normalized spacial score (nSPS) is 10.2. The van der Waals surface area contributed by atoms with Gasteiger partial charge in [0.2, 0.25) is 0 Å². The van der Waals surface area contributed by atoms with Crippen LogP contribution < -0.4 is 10.1 Å². The van der Waals surface area contributed by atoms with Gasteiger partial charge in [0, 0.05) is 22.6 Å². The third-order valence-corrected chi connectivity index (χ3v) is 3.51. The molecule has 0 spiro atoms. The fraction of sp³-hybridized carbons (Fsp3) is 0.188. The lowest BCUT2D eigenvalue weighted by Gasteiger charge is -2.08. The van der Waals surface area contributed by atoms with E-state index in [1.54, 1.807) is 25.1 Å². The number of carbonyl (C=O) groups excluding carboxylic acids is 1. The van der Waals surface area contributed by atoms with Crippen molar-refractivity contribution in [1.82, 2.24) is 0 Å². The van der Waals surface area contributed by atoms with Gasteiger partial charge in [0.25, 0.3) is 5.91 Å². The molecule has 0 bridgehead atoms. The van der Waals surface area contributed by atoms with Crippen molar-refractivity contribution in [2.45, 2.75) is 12.3 Å². The van der Waals surface area contributed by atoms with Gasteiger partial charge in [-0.2, -0.15) is 0 Å². The second kappa shape index (κ2) is 7.22. The largest absolute Gasteiger partial charge is 0.491 e. The van der Waals surface area contributed by atoms with Crippen LogP contribution in [0.25, 0.3) is 0 Å². The van der Waals surface area contributed by atoms with Gasteiger partial charge in [0.05, 0.1) is 6.61 Å². The molecule has 21 heavy (non-hydrogen) atoms. The zero-order valence-corrected chi connectivity index (χ0v) is 13.1. The molecule has 2 aromatic rings. The van der Waals surface area contributed by atoms with Crippen molar-refractivity contribution in [3.8, 4) is 5.75 Å². The molecule has 0 aliphatic rings. The van der Waals surface area contributed by atoms with Crippen LogP contribution in [0.2, 0.25) is 0 Å². The molecule has 5 heteroatoms. The number of ether oxygens (including phenoxy) is 1. The summed E-state index contributed by atoms with van der Waals surface area (Å²) >= 11 is 3.35. The highest BCUT2D eigenvalue weighted by molar-refractivity contribution is 9.08. The minimum absolute atomic E-state index is 0.178. The van der Waals surface area contributed by atoms with Crippen LogP contribution in [0.5, 0.6) is 5.75 Å². The number of benzene rings is 2. The molecule has 0 heterocycles. The Balaban J connectivity index is 2.09. The van der Waals surface area contributed by atoms with E-state index in [4.69, 9.17) is 4.74 Å². The maximum atomic E-state index is 13.7. The Bertz CT molecular complexity index is 629. The number of amides is 1. The molecule has 0 radical (unpaired) electrons. The minimum atomic E-state index is -0.496. The fourth-order valence-electron chi connectivity index (χ4n) is 1.80. The monoisotopic (exact) mass is 351 g/mol. The van der Waals surface area contributed by atoms with E-state index in [2.05, 4.69) is 21.2 Å². The number of rotatable bonds is 5. The molecule has 1 N–H and O–H groups in total. The summed E-state index contributed by atoms with van der Waals surface area (Å²) in [6.45, 7) is 2.17.